The first kappa shape index (κ1) is 21.5. The monoisotopic (exact) mass is 428 g/mol. The van der Waals surface area contributed by atoms with Gasteiger partial charge in [-0.1, -0.05) is 24.3 Å². The van der Waals surface area contributed by atoms with Crippen molar-refractivity contribution in [3.8, 4) is 23.2 Å². The highest BCUT2D eigenvalue weighted by Gasteiger charge is 2.18. The molecule has 1 aromatic heterocycles. The van der Waals surface area contributed by atoms with E-state index < -0.39 is 6.10 Å². The van der Waals surface area contributed by atoms with E-state index in [0.29, 0.717) is 36.5 Å². The molecule has 1 N–H and O–H groups in total. The Morgan fingerprint density at radius 3 is 2.91 bits per heavy atom. The first-order chi connectivity index (χ1) is 15.6. The number of aromatic nitrogens is 1. The Bertz CT molecular complexity index is 1180. The second-order valence-corrected chi connectivity index (χ2v) is 7.69. The van der Waals surface area contributed by atoms with Gasteiger partial charge >= 0.3 is 5.97 Å². The van der Waals surface area contributed by atoms with Crippen molar-refractivity contribution < 1.29 is 19.4 Å². The van der Waals surface area contributed by atoms with Gasteiger partial charge in [0.15, 0.2) is 0 Å². The average molecular weight is 428 g/mol. The summed E-state index contributed by atoms with van der Waals surface area (Å²) in [6.45, 7) is 2.35. The van der Waals surface area contributed by atoms with Crippen LogP contribution in [0.15, 0.2) is 54.6 Å². The second kappa shape index (κ2) is 9.63. The lowest BCUT2D eigenvalue weighted by Gasteiger charge is -2.17. The quantitative estimate of drug-likeness (QED) is 0.626. The van der Waals surface area contributed by atoms with Gasteiger partial charge in [0, 0.05) is 11.6 Å². The van der Waals surface area contributed by atoms with Crippen molar-refractivity contribution >= 4 is 5.97 Å². The summed E-state index contributed by atoms with van der Waals surface area (Å²) in [5, 5.41) is 20.3. The number of pyridine rings is 1. The standard InChI is InChI=1S/C26H24N2O4/c1-2-31-26(30)14-19-8-9-20-13-18(19)10-11-24(29)22-12-17(15-27)6-7-21(22)16-32-25-5-3-4-23(20)28-25/h3-9,12-13,24,29H,2,10-11,14,16H2,1H3. The Morgan fingerprint density at radius 1 is 1.22 bits per heavy atom. The van der Waals surface area contributed by atoms with Crippen LogP contribution in [0.5, 0.6) is 5.88 Å². The molecule has 1 atom stereocenters. The van der Waals surface area contributed by atoms with E-state index in [2.05, 4.69) is 11.1 Å². The van der Waals surface area contributed by atoms with Crippen LogP contribution < -0.4 is 4.74 Å². The summed E-state index contributed by atoms with van der Waals surface area (Å²) in [5.41, 5.74) is 5.47. The van der Waals surface area contributed by atoms with Crippen molar-refractivity contribution in [2.75, 3.05) is 6.61 Å². The number of aliphatic hydroxyl groups is 1. The van der Waals surface area contributed by atoms with Crippen LogP contribution in [0.2, 0.25) is 0 Å². The number of benzene rings is 2. The molecule has 0 radical (unpaired) electrons. The third-order valence-electron chi connectivity index (χ3n) is 5.56. The second-order valence-electron chi connectivity index (χ2n) is 7.69. The number of rotatable bonds is 3. The first-order valence-electron chi connectivity index (χ1n) is 10.7. The number of hydrogen-bond donors (Lipinski definition) is 1. The molecule has 0 aliphatic carbocycles. The molecule has 162 valence electrons. The Kier molecular flexibility index (Phi) is 6.48. The highest BCUT2D eigenvalue weighted by Crippen LogP contribution is 2.29. The van der Waals surface area contributed by atoms with E-state index in [4.69, 9.17) is 9.47 Å². The van der Waals surface area contributed by atoms with Crippen LogP contribution in [0.1, 0.15) is 47.3 Å². The molecule has 1 aliphatic heterocycles. The molecule has 0 saturated carbocycles. The molecule has 4 rings (SSSR count). The third kappa shape index (κ3) is 4.79. The van der Waals surface area contributed by atoms with Crippen LogP contribution in [-0.2, 0) is 29.0 Å². The zero-order valence-corrected chi connectivity index (χ0v) is 17.9. The van der Waals surface area contributed by atoms with Gasteiger partial charge < -0.3 is 14.6 Å². The number of fused-ring (bicyclic) bond motifs is 6. The van der Waals surface area contributed by atoms with Gasteiger partial charge in [-0.05, 0) is 66.3 Å². The average Bonchev–Trinajstić information content (AvgIpc) is 2.82. The number of ether oxygens (including phenoxy) is 2. The van der Waals surface area contributed by atoms with E-state index in [1.165, 1.54) is 0 Å². The van der Waals surface area contributed by atoms with Crippen molar-refractivity contribution in [3.05, 3.63) is 82.4 Å². The summed E-state index contributed by atoms with van der Waals surface area (Å²) in [6, 6.07) is 18.8. The number of carbonyl (C=O) groups is 1. The number of nitrogens with zero attached hydrogens (tertiary/aromatic N) is 2. The number of carbonyl (C=O) groups excluding carboxylic acids is 1. The molecule has 2 heterocycles. The molecular formula is C26H24N2O4. The predicted molar refractivity (Wildman–Crippen MR) is 119 cm³/mol. The van der Waals surface area contributed by atoms with Crippen LogP contribution >= 0.6 is 0 Å². The molecule has 0 amide bonds. The summed E-state index contributed by atoms with van der Waals surface area (Å²) in [4.78, 5) is 16.7. The van der Waals surface area contributed by atoms with Crippen molar-refractivity contribution in [2.24, 2.45) is 0 Å². The molecule has 0 saturated heterocycles. The fourth-order valence-electron chi connectivity index (χ4n) is 3.92. The minimum atomic E-state index is -0.780. The van der Waals surface area contributed by atoms with Crippen LogP contribution in [0, 0.1) is 11.3 Å². The largest absolute Gasteiger partial charge is 0.473 e. The highest BCUT2D eigenvalue weighted by atomic mass is 16.5. The van der Waals surface area contributed by atoms with Crippen molar-refractivity contribution in [1.29, 1.82) is 5.26 Å². The maximum absolute atomic E-state index is 12.1. The van der Waals surface area contributed by atoms with E-state index >= 15 is 0 Å². The summed E-state index contributed by atoms with van der Waals surface area (Å²) >= 11 is 0. The fraction of sp³-hybridized carbons (Fsp3) is 0.269. The highest BCUT2D eigenvalue weighted by molar-refractivity contribution is 5.74. The molecule has 6 heteroatoms. The minimum absolute atomic E-state index is 0.172. The number of aliphatic hydroxyl groups excluding tert-OH is 1. The summed E-state index contributed by atoms with van der Waals surface area (Å²) in [7, 11) is 0. The van der Waals surface area contributed by atoms with Gasteiger partial charge in [-0.3, -0.25) is 4.79 Å². The van der Waals surface area contributed by atoms with E-state index in [-0.39, 0.29) is 19.0 Å². The molecule has 4 bridgehead atoms. The predicted octanol–water partition coefficient (Wildman–Crippen LogP) is 4.28. The number of esters is 1. The van der Waals surface area contributed by atoms with Crippen LogP contribution in [0.25, 0.3) is 11.3 Å². The molecule has 0 spiro atoms. The number of hydrogen-bond acceptors (Lipinski definition) is 6. The lowest BCUT2D eigenvalue weighted by molar-refractivity contribution is -0.142. The number of nitriles is 1. The van der Waals surface area contributed by atoms with Crippen LogP contribution in [-0.4, -0.2) is 22.7 Å². The van der Waals surface area contributed by atoms with Crippen molar-refractivity contribution in [3.63, 3.8) is 0 Å². The molecule has 1 unspecified atom stereocenters. The van der Waals surface area contributed by atoms with Gasteiger partial charge in [-0.25, -0.2) is 4.98 Å². The smallest absolute Gasteiger partial charge is 0.310 e. The van der Waals surface area contributed by atoms with E-state index in [9.17, 15) is 15.2 Å². The lowest BCUT2D eigenvalue weighted by atomic mass is 9.92. The lowest BCUT2D eigenvalue weighted by Crippen LogP contribution is -2.11. The number of aryl methyl sites for hydroxylation is 1. The topological polar surface area (TPSA) is 92.4 Å². The summed E-state index contributed by atoms with van der Waals surface area (Å²) in [6.07, 6.45) is 0.385. The molecule has 3 aromatic rings. The summed E-state index contributed by atoms with van der Waals surface area (Å²) < 4.78 is 11.0. The van der Waals surface area contributed by atoms with E-state index in [1.807, 2.05) is 36.4 Å². The maximum Gasteiger partial charge on any atom is 0.310 e. The Hall–Kier alpha value is -3.69. The van der Waals surface area contributed by atoms with Gasteiger partial charge in [0.25, 0.3) is 0 Å². The fourth-order valence-corrected chi connectivity index (χ4v) is 3.92. The molecule has 6 nitrogen and oxygen atoms in total. The van der Waals surface area contributed by atoms with Gasteiger partial charge in [0.2, 0.25) is 5.88 Å². The van der Waals surface area contributed by atoms with Crippen molar-refractivity contribution in [2.45, 2.75) is 38.9 Å². The van der Waals surface area contributed by atoms with E-state index in [0.717, 1.165) is 27.9 Å². The minimum Gasteiger partial charge on any atom is -0.473 e. The molecular weight excluding hydrogens is 404 g/mol. The third-order valence-corrected chi connectivity index (χ3v) is 5.56. The van der Waals surface area contributed by atoms with E-state index in [1.54, 1.807) is 25.1 Å². The van der Waals surface area contributed by atoms with Gasteiger partial charge in [-0.15, -0.1) is 0 Å². The van der Waals surface area contributed by atoms with Crippen LogP contribution in [0.3, 0.4) is 0 Å². The van der Waals surface area contributed by atoms with Crippen molar-refractivity contribution in [1.82, 2.24) is 4.98 Å². The Morgan fingerprint density at radius 2 is 2.09 bits per heavy atom. The normalized spacial score (nSPS) is 15.1. The maximum atomic E-state index is 12.1. The molecule has 1 aliphatic rings. The zero-order valence-electron chi connectivity index (χ0n) is 17.9. The molecule has 32 heavy (non-hydrogen) atoms. The molecule has 0 fully saturated rings. The SMILES string of the molecule is CCOC(=O)Cc1ccc2cc1CCC(O)c1cc(C#N)ccc1COc1cccc-2n1. The van der Waals surface area contributed by atoms with Crippen LogP contribution in [0.4, 0.5) is 0 Å². The van der Waals surface area contributed by atoms with Gasteiger partial charge in [-0.2, -0.15) is 5.26 Å². The first-order valence-corrected chi connectivity index (χ1v) is 10.7. The Balaban J connectivity index is 1.77. The van der Waals surface area contributed by atoms with Gasteiger partial charge in [0.1, 0.15) is 6.61 Å². The van der Waals surface area contributed by atoms with Gasteiger partial charge in [0.05, 0.1) is 36.5 Å². The Labute approximate surface area is 187 Å². The molecule has 2 aromatic carbocycles. The zero-order chi connectivity index (χ0) is 22.5. The summed E-state index contributed by atoms with van der Waals surface area (Å²) in [5.74, 6) is 0.196.